The number of nitrogens with zero attached hydrogens (tertiary/aromatic N) is 2. The minimum atomic E-state index is -0.0908. The maximum atomic E-state index is 12.1. The van der Waals surface area contributed by atoms with Gasteiger partial charge in [0.2, 0.25) is 5.91 Å². The standard InChI is InChI=1S/C16H21N3O2/c1-12-3-2-4-15(11-20)19(12)10-16(21)18-14-7-5-13(9-17)6-8-14/h5-8,12,15,20H,2-4,10-11H2,1H3,(H,18,21). The zero-order valence-electron chi connectivity index (χ0n) is 12.2. The van der Waals surface area contributed by atoms with Gasteiger partial charge in [0, 0.05) is 17.8 Å². The van der Waals surface area contributed by atoms with E-state index in [9.17, 15) is 9.90 Å². The van der Waals surface area contributed by atoms with E-state index < -0.39 is 0 Å². The number of carbonyl (C=O) groups is 1. The van der Waals surface area contributed by atoms with Gasteiger partial charge in [-0.3, -0.25) is 9.69 Å². The molecule has 1 saturated heterocycles. The summed E-state index contributed by atoms with van der Waals surface area (Å²) in [6, 6.07) is 9.22. The predicted molar refractivity (Wildman–Crippen MR) is 80.7 cm³/mol. The summed E-state index contributed by atoms with van der Waals surface area (Å²) in [5, 5.41) is 21.0. The number of rotatable bonds is 4. The van der Waals surface area contributed by atoms with Crippen molar-refractivity contribution in [3.63, 3.8) is 0 Å². The van der Waals surface area contributed by atoms with Gasteiger partial charge in [-0.15, -0.1) is 0 Å². The van der Waals surface area contributed by atoms with Gasteiger partial charge in [0.1, 0.15) is 0 Å². The molecule has 5 heteroatoms. The second kappa shape index (κ2) is 7.21. The molecule has 0 aliphatic carbocycles. The number of hydrogen-bond acceptors (Lipinski definition) is 4. The molecule has 0 saturated carbocycles. The third kappa shape index (κ3) is 4.03. The molecule has 0 aromatic heterocycles. The molecule has 0 spiro atoms. The van der Waals surface area contributed by atoms with Crippen LogP contribution in [0.25, 0.3) is 0 Å². The van der Waals surface area contributed by atoms with Crippen LogP contribution in [-0.2, 0) is 4.79 Å². The van der Waals surface area contributed by atoms with Gasteiger partial charge in [0.05, 0.1) is 24.8 Å². The van der Waals surface area contributed by atoms with Crippen LogP contribution < -0.4 is 5.32 Å². The van der Waals surface area contributed by atoms with Crippen molar-refractivity contribution in [3.8, 4) is 6.07 Å². The molecule has 2 atom stereocenters. The number of benzene rings is 1. The van der Waals surface area contributed by atoms with Crippen molar-refractivity contribution in [1.82, 2.24) is 4.90 Å². The van der Waals surface area contributed by atoms with Crippen molar-refractivity contribution in [2.75, 3.05) is 18.5 Å². The Labute approximate surface area is 125 Å². The van der Waals surface area contributed by atoms with Crippen LogP contribution in [0.15, 0.2) is 24.3 Å². The molecule has 1 aliphatic heterocycles. The molecule has 1 fully saturated rings. The van der Waals surface area contributed by atoms with E-state index in [0.717, 1.165) is 19.3 Å². The van der Waals surface area contributed by atoms with Gasteiger partial charge in [-0.1, -0.05) is 6.42 Å². The molecule has 1 aromatic rings. The molecule has 2 unspecified atom stereocenters. The maximum Gasteiger partial charge on any atom is 0.238 e. The molecule has 1 amide bonds. The van der Waals surface area contributed by atoms with Crippen molar-refractivity contribution >= 4 is 11.6 Å². The fourth-order valence-electron chi connectivity index (χ4n) is 2.82. The Morgan fingerprint density at radius 2 is 2.14 bits per heavy atom. The minimum Gasteiger partial charge on any atom is -0.395 e. The number of hydrogen-bond donors (Lipinski definition) is 2. The lowest BCUT2D eigenvalue weighted by Gasteiger charge is -2.39. The van der Waals surface area contributed by atoms with Gasteiger partial charge in [-0.25, -0.2) is 0 Å². The van der Waals surface area contributed by atoms with Gasteiger partial charge >= 0.3 is 0 Å². The molecular formula is C16H21N3O2. The Morgan fingerprint density at radius 1 is 1.43 bits per heavy atom. The third-order valence-electron chi connectivity index (χ3n) is 4.03. The summed E-state index contributed by atoms with van der Waals surface area (Å²) in [6.07, 6.45) is 3.09. The highest BCUT2D eigenvalue weighted by Crippen LogP contribution is 2.22. The highest BCUT2D eigenvalue weighted by molar-refractivity contribution is 5.92. The van der Waals surface area contributed by atoms with E-state index in [4.69, 9.17) is 5.26 Å². The predicted octanol–water partition coefficient (Wildman–Crippen LogP) is 1.73. The molecule has 1 aromatic carbocycles. The summed E-state index contributed by atoms with van der Waals surface area (Å²) in [5.74, 6) is -0.0908. The summed E-state index contributed by atoms with van der Waals surface area (Å²) in [5.41, 5.74) is 1.25. The normalized spacial score (nSPS) is 22.5. The largest absolute Gasteiger partial charge is 0.395 e. The smallest absolute Gasteiger partial charge is 0.238 e. The molecule has 0 bridgehead atoms. The van der Waals surface area contributed by atoms with Crippen molar-refractivity contribution in [3.05, 3.63) is 29.8 Å². The second-order valence-corrected chi connectivity index (χ2v) is 5.53. The Morgan fingerprint density at radius 3 is 2.76 bits per heavy atom. The molecular weight excluding hydrogens is 266 g/mol. The fourth-order valence-corrected chi connectivity index (χ4v) is 2.82. The van der Waals surface area contributed by atoms with Gasteiger partial charge in [-0.05, 0) is 44.0 Å². The van der Waals surface area contributed by atoms with Crippen LogP contribution in [0.5, 0.6) is 0 Å². The fraction of sp³-hybridized carbons (Fsp3) is 0.500. The molecule has 1 aliphatic rings. The number of carbonyl (C=O) groups excluding carboxylic acids is 1. The molecule has 0 radical (unpaired) electrons. The number of aliphatic hydroxyl groups excluding tert-OH is 1. The van der Waals surface area contributed by atoms with Crippen LogP contribution in [0.4, 0.5) is 5.69 Å². The molecule has 2 N–H and O–H groups in total. The van der Waals surface area contributed by atoms with Crippen molar-refractivity contribution in [1.29, 1.82) is 5.26 Å². The Hall–Kier alpha value is -1.90. The van der Waals surface area contributed by atoms with E-state index in [-0.39, 0.29) is 25.1 Å². The van der Waals surface area contributed by atoms with Gasteiger partial charge in [-0.2, -0.15) is 5.26 Å². The Bertz CT molecular complexity index is 521. The average molecular weight is 287 g/mol. The summed E-state index contributed by atoms with van der Waals surface area (Å²) >= 11 is 0. The SMILES string of the molecule is CC1CCCC(CO)N1CC(=O)Nc1ccc(C#N)cc1. The Balaban J connectivity index is 1.95. The highest BCUT2D eigenvalue weighted by Gasteiger charge is 2.28. The second-order valence-electron chi connectivity index (χ2n) is 5.53. The van der Waals surface area contributed by atoms with E-state index in [1.54, 1.807) is 24.3 Å². The third-order valence-corrected chi connectivity index (χ3v) is 4.03. The minimum absolute atomic E-state index is 0.0699. The quantitative estimate of drug-likeness (QED) is 0.884. The average Bonchev–Trinajstić information content (AvgIpc) is 2.50. The van der Waals surface area contributed by atoms with Crippen LogP contribution in [0, 0.1) is 11.3 Å². The number of aliphatic hydroxyl groups is 1. The number of nitriles is 1. The van der Waals surface area contributed by atoms with Crippen molar-refractivity contribution in [2.45, 2.75) is 38.3 Å². The van der Waals surface area contributed by atoms with Crippen LogP contribution in [0.1, 0.15) is 31.7 Å². The summed E-state index contributed by atoms with van der Waals surface area (Å²) in [6.45, 7) is 2.47. The van der Waals surface area contributed by atoms with E-state index in [1.807, 2.05) is 6.07 Å². The summed E-state index contributed by atoms with van der Waals surface area (Å²) in [7, 11) is 0. The number of amides is 1. The molecule has 112 valence electrons. The summed E-state index contributed by atoms with van der Waals surface area (Å²) < 4.78 is 0. The van der Waals surface area contributed by atoms with Crippen LogP contribution >= 0.6 is 0 Å². The first-order valence-corrected chi connectivity index (χ1v) is 7.30. The monoisotopic (exact) mass is 287 g/mol. The van der Waals surface area contributed by atoms with E-state index in [2.05, 4.69) is 17.1 Å². The van der Waals surface area contributed by atoms with E-state index >= 15 is 0 Å². The molecule has 1 heterocycles. The molecule has 21 heavy (non-hydrogen) atoms. The van der Waals surface area contributed by atoms with Crippen molar-refractivity contribution < 1.29 is 9.90 Å². The Kier molecular flexibility index (Phi) is 5.32. The van der Waals surface area contributed by atoms with Crippen LogP contribution in [0.3, 0.4) is 0 Å². The van der Waals surface area contributed by atoms with E-state index in [1.165, 1.54) is 0 Å². The zero-order chi connectivity index (χ0) is 15.2. The van der Waals surface area contributed by atoms with Gasteiger partial charge in [0.25, 0.3) is 0 Å². The number of anilines is 1. The lowest BCUT2D eigenvalue weighted by Crippen LogP contribution is -2.50. The van der Waals surface area contributed by atoms with Crippen LogP contribution in [0.2, 0.25) is 0 Å². The highest BCUT2D eigenvalue weighted by atomic mass is 16.3. The molecule has 2 rings (SSSR count). The number of nitrogens with one attached hydrogen (secondary N) is 1. The lowest BCUT2D eigenvalue weighted by molar-refractivity contribution is -0.119. The van der Waals surface area contributed by atoms with Gasteiger partial charge < -0.3 is 10.4 Å². The van der Waals surface area contributed by atoms with E-state index in [0.29, 0.717) is 17.3 Å². The molecule has 5 nitrogen and oxygen atoms in total. The summed E-state index contributed by atoms with van der Waals surface area (Å²) in [4.78, 5) is 14.2. The zero-order valence-corrected chi connectivity index (χ0v) is 12.2. The topological polar surface area (TPSA) is 76.4 Å². The number of likely N-dealkylation sites (tertiary alicyclic amines) is 1. The maximum absolute atomic E-state index is 12.1. The first kappa shape index (κ1) is 15.5. The lowest BCUT2D eigenvalue weighted by atomic mass is 9.97. The van der Waals surface area contributed by atoms with Crippen molar-refractivity contribution in [2.24, 2.45) is 0 Å². The van der Waals surface area contributed by atoms with Crippen LogP contribution in [-0.4, -0.2) is 41.1 Å². The van der Waals surface area contributed by atoms with Gasteiger partial charge in [0.15, 0.2) is 0 Å². The first-order chi connectivity index (χ1) is 10.1. The number of piperidine rings is 1. The first-order valence-electron chi connectivity index (χ1n) is 7.30.